The van der Waals surface area contributed by atoms with Crippen molar-refractivity contribution in [2.45, 2.75) is 403 Å². The Bertz CT molecular complexity index is 1730. The zero-order valence-electron chi connectivity index (χ0n) is 67.0. The molecule has 0 spiro atoms. The van der Waals surface area contributed by atoms with E-state index in [1.54, 1.807) is 22.3 Å². The molecule has 0 heterocycles. The van der Waals surface area contributed by atoms with Gasteiger partial charge in [0.25, 0.3) is 0 Å². The summed E-state index contributed by atoms with van der Waals surface area (Å²) in [7, 11) is 0. The summed E-state index contributed by atoms with van der Waals surface area (Å²) in [6.07, 6.45) is 23.9. The van der Waals surface area contributed by atoms with E-state index in [1.165, 1.54) is 136 Å². The maximum Gasteiger partial charge on any atom is -0.0262 e. The van der Waals surface area contributed by atoms with E-state index in [2.05, 4.69) is 275 Å². The van der Waals surface area contributed by atoms with Gasteiger partial charge in [0, 0.05) is 0 Å². The Morgan fingerprint density at radius 1 is 0.352 bits per heavy atom. The highest BCUT2D eigenvalue weighted by Gasteiger charge is 2.33. The fourth-order valence-corrected chi connectivity index (χ4v) is 13.0. The first kappa shape index (κ1) is 108. The van der Waals surface area contributed by atoms with Crippen LogP contribution >= 0.6 is 0 Å². The van der Waals surface area contributed by atoms with Crippen molar-refractivity contribution in [2.75, 3.05) is 0 Å². The first-order valence-electron chi connectivity index (χ1n) is 37.8. The van der Waals surface area contributed by atoms with Gasteiger partial charge in [0.05, 0.1) is 0 Å². The molecule has 0 saturated heterocycles. The Hall–Kier alpha value is -1.56. The average Bonchev–Trinajstić information content (AvgIpc) is 1.97. The summed E-state index contributed by atoms with van der Waals surface area (Å²) >= 11 is 0. The lowest BCUT2D eigenvalue weighted by Crippen LogP contribution is -2.33. The monoisotopic (exact) mass is 1280 g/mol. The first-order chi connectivity index (χ1) is 39.7. The third-order valence-electron chi connectivity index (χ3n) is 24.8. The number of hydrogen-bond acceptors (Lipinski definition) is 0. The normalized spacial score (nSPS) is 28.3. The van der Waals surface area contributed by atoms with Crippen LogP contribution in [0.3, 0.4) is 0 Å². The molecule has 1 aromatic rings. The standard InChI is InChI=1S/C11H22.C11H16.2C10H20.C10H18.C9H20.C9H18.C8H18.C8H16.5CH4/c2*1-7-6-8(2)10(4)11(5)9(7)3;3*1-7-5-9(3)10(4)6-8(7)2;2*1-5-8(3)7-9(4)6-2;2*1-5-7(3)8(4)6-2;;;;;/h7-11H,6H2,1-5H3;6H,1-5H3;2*7-10H,5-6H2,1-4H3;7-8H,5-6H2,1-4H3;8-9H,5-7H2,1-4H3;7-8H,5-6H2,1-4H3;7-8H,5-6H2,1-4H3;5-6H2,1-4H3;5*1H4/b;;;;;;9-7-;;8-7-;;;;;. The Labute approximate surface area is 585 Å². The lowest BCUT2D eigenvalue weighted by molar-refractivity contribution is 0.0855. The fourth-order valence-electron chi connectivity index (χ4n) is 13.0. The lowest BCUT2D eigenvalue weighted by Gasteiger charge is -2.41. The van der Waals surface area contributed by atoms with Crippen LogP contribution in [0.25, 0.3) is 0 Å². The van der Waals surface area contributed by atoms with Gasteiger partial charge in [-0.15, -0.1) is 0 Å². The highest BCUT2D eigenvalue weighted by Crippen LogP contribution is 2.42. The summed E-state index contributed by atoms with van der Waals surface area (Å²) in [4.78, 5) is 0. The molecule has 5 rings (SSSR count). The molecule has 91 heavy (non-hydrogen) atoms. The van der Waals surface area contributed by atoms with Gasteiger partial charge < -0.3 is 0 Å². The second kappa shape index (κ2) is 59.7. The van der Waals surface area contributed by atoms with E-state index >= 15 is 0 Å². The van der Waals surface area contributed by atoms with Gasteiger partial charge in [-0.25, -0.2) is 0 Å². The molecule has 1 aromatic carbocycles. The third kappa shape index (κ3) is 47.1. The highest BCUT2D eigenvalue weighted by atomic mass is 14.4. The molecule has 4 aliphatic rings. The molecule has 0 bridgehead atoms. The topological polar surface area (TPSA) is 0 Å². The fraction of sp³-hybridized carbons (Fsp3) is 0.868. The molecular formula is C91H188. The van der Waals surface area contributed by atoms with Crippen LogP contribution in [0.5, 0.6) is 0 Å². The summed E-state index contributed by atoms with van der Waals surface area (Å²) in [6, 6.07) is 2.26. The van der Waals surface area contributed by atoms with Crippen molar-refractivity contribution >= 4 is 0 Å². The Morgan fingerprint density at radius 3 is 0.835 bits per heavy atom. The Morgan fingerprint density at radius 2 is 0.615 bits per heavy atom. The quantitative estimate of drug-likeness (QED) is 0.183. The van der Waals surface area contributed by atoms with Crippen LogP contribution in [0.15, 0.2) is 40.0 Å². The van der Waals surface area contributed by atoms with E-state index in [4.69, 9.17) is 0 Å². The van der Waals surface area contributed by atoms with Gasteiger partial charge in [0.2, 0.25) is 0 Å². The molecular weight excluding hydrogens is 1090 g/mol. The molecule has 19 atom stereocenters. The predicted molar refractivity (Wildman–Crippen MR) is 437 cm³/mol. The van der Waals surface area contributed by atoms with Crippen molar-refractivity contribution in [2.24, 2.45) is 118 Å². The molecule has 0 aromatic heterocycles. The second-order valence-corrected chi connectivity index (χ2v) is 31.9. The molecule has 552 valence electrons. The molecule has 0 radical (unpaired) electrons. The van der Waals surface area contributed by atoms with Crippen molar-refractivity contribution in [3.05, 3.63) is 67.8 Å². The van der Waals surface area contributed by atoms with E-state index in [0.29, 0.717) is 0 Å². The minimum atomic E-state index is 0. The van der Waals surface area contributed by atoms with Crippen molar-refractivity contribution in [1.29, 1.82) is 0 Å². The van der Waals surface area contributed by atoms with Gasteiger partial charge in [-0.05, 0) is 286 Å². The number of allylic oxidation sites excluding steroid dienone is 6. The van der Waals surface area contributed by atoms with Gasteiger partial charge in [-0.1, -0.05) is 303 Å². The van der Waals surface area contributed by atoms with Gasteiger partial charge in [-0.3, -0.25) is 0 Å². The molecule has 0 amide bonds. The van der Waals surface area contributed by atoms with Gasteiger partial charge in [0.1, 0.15) is 0 Å². The van der Waals surface area contributed by atoms with E-state index < -0.39 is 0 Å². The zero-order chi connectivity index (χ0) is 68.0. The highest BCUT2D eigenvalue weighted by molar-refractivity contribution is 5.42. The predicted octanol–water partition coefficient (Wildman–Crippen LogP) is 33.1. The number of aryl methyl sites for hydroxylation is 2. The minimum Gasteiger partial charge on any atom is -0.0828 e. The van der Waals surface area contributed by atoms with E-state index in [9.17, 15) is 0 Å². The molecule has 0 aliphatic heterocycles. The smallest absolute Gasteiger partial charge is 0.0262 e. The number of hydrogen-bond donors (Lipinski definition) is 0. The van der Waals surface area contributed by atoms with Crippen LogP contribution in [-0.4, -0.2) is 0 Å². The van der Waals surface area contributed by atoms with Crippen LogP contribution in [0.4, 0.5) is 0 Å². The van der Waals surface area contributed by atoms with Crippen molar-refractivity contribution in [1.82, 2.24) is 0 Å². The summed E-state index contributed by atoms with van der Waals surface area (Å²) in [5.74, 6) is 18.7. The lowest BCUT2D eigenvalue weighted by atomic mass is 9.65. The van der Waals surface area contributed by atoms with Gasteiger partial charge in [-0.2, -0.15) is 0 Å². The maximum absolute atomic E-state index is 2.42. The molecule has 3 fully saturated rings. The zero-order valence-corrected chi connectivity index (χ0v) is 67.0. The van der Waals surface area contributed by atoms with E-state index in [-0.39, 0.29) is 37.1 Å². The van der Waals surface area contributed by atoms with Gasteiger partial charge >= 0.3 is 0 Å². The summed E-state index contributed by atoms with van der Waals surface area (Å²) in [5, 5.41) is 0. The number of rotatable bonds is 12. The molecule has 3 saturated carbocycles. The van der Waals surface area contributed by atoms with Gasteiger partial charge in [0.15, 0.2) is 0 Å². The van der Waals surface area contributed by atoms with Crippen LogP contribution in [-0.2, 0) is 0 Å². The average molecular weight is 1280 g/mol. The van der Waals surface area contributed by atoms with Crippen LogP contribution in [0.2, 0.25) is 0 Å². The van der Waals surface area contributed by atoms with Crippen LogP contribution < -0.4 is 0 Å². The second-order valence-electron chi connectivity index (χ2n) is 31.9. The molecule has 0 heteroatoms. The van der Waals surface area contributed by atoms with E-state index in [1.807, 2.05) is 0 Å². The Kier molecular flexibility index (Phi) is 70.9. The van der Waals surface area contributed by atoms with Crippen LogP contribution in [0, 0.1) is 153 Å². The first-order valence-corrected chi connectivity index (χ1v) is 37.8. The number of benzene rings is 1. The van der Waals surface area contributed by atoms with Crippen molar-refractivity contribution < 1.29 is 0 Å². The minimum absolute atomic E-state index is 0. The molecule has 0 N–H and O–H groups in total. The Balaban J connectivity index is -0.000000118. The van der Waals surface area contributed by atoms with Crippen molar-refractivity contribution in [3.63, 3.8) is 0 Å². The van der Waals surface area contributed by atoms with Crippen LogP contribution in [0.1, 0.15) is 396 Å². The summed E-state index contributed by atoms with van der Waals surface area (Å²) in [6.45, 7) is 87.5. The van der Waals surface area contributed by atoms with E-state index in [0.717, 1.165) is 118 Å². The summed E-state index contributed by atoms with van der Waals surface area (Å²) < 4.78 is 0. The maximum atomic E-state index is 2.42. The van der Waals surface area contributed by atoms with Crippen molar-refractivity contribution in [3.8, 4) is 0 Å². The molecule has 4 aliphatic carbocycles. The molecule has 0 nitrogen and oxygen atoms in total. The SMILES string of the molecule is C.C.C.C.C.CC/C(C)=C(/C)CC.CC/C(C)=C\C(C)CC.CC1=C(C)CC(C)C(C)C1.CC1CC(C)C(C)C(C)C1C.CC1CC(C)C(C)CC1C.CC1CC(C)C(C)CC1C.CCC(C)C(C)CC.CCC(C)CC(C)CC.Cc1cc(C)c(C)c(C)c1C. The largest absolute Gasteiger partial charge is 0.0828 e. The summed E-state index contributed by atoms with van der Waals surface area (Å²) in [5.41, 5.74) is 15.0. The third-order valence-corrected chi connectivity index (χ3v) is 24.8. The molecule has 19 unspecified atom stereocenters.